The Hall–Kier alpha value is -3.89. The average molecular weight is 460 g/mol. The number of hydrogen-bond acceptors (Lipinski definition) is 6. The van der Waals surface area contributed by atoms with E-state index in [4.69, 9.17) is 14.2 Å². The standard InChI is InChI=1S/C22H19F3N4O4/c1-31-16-5-3-2-4-13(16)15-9-19(22(23,24)25)29-20(28-15)14(10-26-29)21(30)27-12-6-7-17-18(8-12)33-11-32-17/h2-8,10,15,19,28H,9,11H2,1H3,(H,27,30)/t15-,19+/m0/s1. The van der Waals surface area contributed by atoms with E-state index in [-0.39, 0.29) is 24.6 Å². The minimum atomic E-state index is -4.56. The Morgan fingerprint density at radius 3 is 2.79 bits per heavy atom. The fourth-order valence-electron chi connectivity index (χ4n) is 4.06. The summed E-state index contributed by atoms with van der Waals surface area (Å²) in [5.41, 5.74) is 0.957. The van der Waals surface area contributed by atoms with Crippen LogP contribution in [0.2, 0.25) is 0 Å². The van der Waals surface area contributed by atoms with Gasteiger partial charge < -0.3 is 24.8 Å². The second-order valence-electron chi connectivity index (χ2n) is 7.61. The summed E-state index contributed by atoms with van der Waals surface area (Å²) < 4.78 is 58.5. The van der Waals surface area contributed by atoms with Crippen molar-refractivity contribution in [3.05, 3.63) is 59.8 Å². The van der Waals surface area contributed by atoms with E-state index in [1.807, 2.05) is 0 Å². The monoisotopic (exact) mass is 460 g/mol. The number of amides is 1. The van der Waals surface area contributed by atoms with E-state index in [0.717, 1.165) is 10.9 Å². The summed E-state index contributed by atoms with van der Waals surface area (Å²) in [5.74, 6) is 0.846. The second kappa shape index (κ2) is 7.91. The maximum absolute atomic E-state index is 13.9. The number of halogens is 3. The molecule has 2 aliphatic rings. The van der Waals surface area contributed by atoms with E-state index < -0.39 is 24.2 Å². The van der Waals surface area contributed by atoms with Crippen LogP contribution in [-0.2, 0) is 0 Å². The Morgan fingerprint density at radius 1 is 1.21 bits per heavy atom. The van der Waals surface area contributed by atoms with Gasteiger partial charge >= 0.3 is 6.18 Å². The van der Waals surface area contributed by atoms with Gasteiger partial charge in [0.05, 0.1) is 19.3 Å². The number of benzene rings is 2. The third-order valence-electron chi connectivity index (χ3n) is 5.63. The van der Waals surface area contributed by atoms with E-state index in [2.05, 4.69) is 15.7 Å². The van der Waals surface area contributed by atoms with Crippen LogP contribution in [0, 0.1) is 0 Å². The number of ether oxygens (including phenoxy) is 3. The molecule has 0 spiro atoms. The van der Waals surface area contributed by atoms with Crippen LogP contribution in [0.3, 0.4) is 0 Å². The third-order valence-corrected chi connectivity index (χ3v) is 5.63. The molecular weight excluding hydrogens is 441 g/mol. The van der Waals surface area contributed by atoms with Crippen molar-refractivity contribution in [1.82, 2.24) is 9.78 Å². The second-order valence-corrected chi connectivity index (χ2v) is 7.61. The lowest BCUT2D eigenvalue weighted by Crippen LogP contribution is -2.36. The van der Waals surface area contributed by atoms with Gasteiger partial charge in [0.2, 0.25) is 6.79 Å². The molecule has 3 aromatic rings. The third kappa shape index (κ3) is 3.79. The molecule has 5 rings (SSSR count). The van der Waals surface area contributed by atoms with Crippen molar-refractivity contribution in [2.75, 3.05) is 24.5 Å². The minimum Gasteiger partial charge on any atom is -0.496 e. The maximum Gasteiger partial charge on any atom is 0.410 e. The van der Waals surface area contributed by atoms with Gasteiger partial charge in [-0.2, -0.15) is 18.3 Å². The quantitative estimate of drug-likeness (QED) is 0.595. The molecule has 0 unspecified atom stereocenters. The smallest absolute Gasteiger partial charge is 0.410 e. The number of nitrogens with zero attached hydrogens (tertiary/aromatic N) is 2. The van der Waals surface area contributed by atoms with Crippen molar-refractivity contribution in [2.45, 2.75) is 24.7 Å². The molecule has 2 N–H and O–H groups in total. The van der Waals surface area contributed by atoms with E-state index >= 15 is 0 Å². The molecule has 172 valence electrons. The van der Waals surface area contributed by atoms with Crippen LogP contribution in [0.5, 0.6) is 17.2 Å². The molecule has 0 radical (unpaired) electrons. The van der Waals surface area contributed by atoms with Gasteiger partial charge in [0.1, 0.15) is 17.1 Å². The van der Waals surface area contributed by atoms with Gasteiger partial charge in [-0.1, -0.05) is 18.2 Å². The van der Waals surface area contributed by atoms with E-state index in [1.54, 1.807) is 42.5 Å². The van der Waals surface area contributed by atoms with Crippen LogP contribution in [0.25, 0.3) is 0 Å². The first kappa shape index (κ1) is 21.0. The lowest BCUT2D eigenvalue weighted by atomic mass is 9.95. The van der Waals surface area contributed by atoms with Gasteiger partial charge in [-0.3, -0.25) is 4.79 Å². The number of hydrogen-bond donors (Lipinski definition) is 2. The topological polar surface area (TPSA) is 86.6 Å². The molecule has 0 saturated heterocycles. The zero-order valence-corrected chi connectivity index (χ0v) is 17.3. The first-order valence-corrected chi connectivity index (χ1v) is 10.1. The van der Waals surface area contributed by atoms with Gasteiger partial charge in [0.25, 0.3) is 5.91 Å². The van der Waals surface area contributed by atoms with Gasteiger partial charge in [-0.15, -0.1) is 0 Å². The van der Waals surface area contributed by atoms with Gasteiger partial charge in [-0.05, 0) is 18.2 Å². The molecule has 2 atom stereocenters. The predicted octanol–water partition coefficient (Wildman–Crippen LogP) is 4.53. The van der Waals surface area contributed by atoms with Crippen LogP contribution >= 0.6 is 0 Å². The Balaban J connectivity index is 1.48. The summed E-state index contributed by atoms with van der Waals surface area (Å²) in [5, 5.41) is 9.64. The van der Waals surface area contributed by atoms with Crippen molar-refractivity contribution in [1.29, 1.82) is 0 Å². The van der Waals surface area contributed by atoms with Crippen molar-refractivity contribution in [2.24, 2.45) is 0 Å². The highest BCUT2D eigenvalue weighted by Crippen LogP contribution is 2.46. The molecule has 2 aliphatic heterocycles. The van der Waals surface area contributed by atoms with E-state index in [0.29, 0.717) is 28.5 Å². The normalized spacial score (nSPS) is 18.9. The number of anilines is 2. The lowest BCUT2D eigenvalue weighted by molar-refractivity contribution is -0.173. The number of methoxy groups -OCH3 is 1. The van der Waals surface area contributed by atoms with Crippen molar-refractivity contribution in [3.63, 3.8) is 0 Å². The molecule has 11 heteroatoms. The van der Waals surface area contributed by atoms with Crippen LogP contribution in [0.1, 0.15) is 34.4 Å². The highest BCUT2D eigenvalue weighted by Gasteiger charge is 2.47. The summed E-state index contributed by atoms with van der Waals surface area (Å²) in [6.45, 7) is 0.0801. The highest BCUT2D eigenvalue weighted by atomic mass is 19.4. The predicted molar refractivity (Wildman–Crippen MR) is 112 cm³/mol. The Morgan fingerprint density at radius 2 is 2.00 bits per heavy atom. The number of fused-ring (bicyclic) bond motifs is 2. The number of rotatable bonds is 4. The van der Waals surface area contributed by atoms with Crippen LogP contribution < -0.4 is 24.8 Å². The van der Waals surface area contributed by atoms with E-state index in [1.165, 1.54) is 7.11 Å². The summed E-state index contributed by atoms with van der Waals surface area (Å²) in [6.07, 6.45) is -3.73. The zero-order valence-electron chi connectivity index (χ0n) is 17.3. The van der Waals surface area contributed by atoms with Gasteiger partial charge in [0.15, 0.2) is 17.5 Å². The molecule has 8 nitrogen and oxygen atoms in total. The summed E-state index contributed by atoms with van der Waals surface area (Å²) in [6, 6.07) is 9.03. The van der Waals surface area contributed by atoms with Crippen LogP contribution in [-0.4, -0.2) is 35.8 Å². The maximum atomic E-state index is 13.9. The Kier molecular flexibility index (Phi) is 5.03. The summed E-state index contributed by atoms with van der Waals surface area (Å²) >= 11 is 0. The van der Waals surface area contributed by atoms with Crippen LogP contribution in [0.15, 0.2) is 48.7 Å². The fraction of sp³-hybridized carbons (Fsp3) is 0.273. The summed E-state index contributed by atoms with van der Waals surface area (Å²) in [7, 11) is 1.46. The van der Waals surface area contributed by atoms with Crippen molar-refractivity contribution < 1.29 is 32.2 Å². The Bertz CT molecular complexity index is 1210. The van der Waals surface area contributed by atoms with Gasteiger partial charge in [0, 0.05) is 23.7 Å². The highest BCUT2D eigenvalue weighted by molar-refractivity contribution is 6.07. The molecule has 1 aromatic heterocycles. The molecule has 3 heterocycles. The van der Waals surface area contributed by atoms with Crippen molar-refractivity contribution >= 4 is 17.4 Å². The molecule has 0 saturated carbocycles. The average Bonchev–Trinajstić information content (AvgIpc) is 3.44. The first-order valence-electron chi connectivity index (χ1n) is 10.1. The molecule has 2 aromatic carbocycles. The number of alkyl halides is 3. The minimum absolute atomic E-state index is 0.0125. The molecule has 0 bridgehead atoms. The lowest BCUT2D eigenvalue weighted by Gasteiger charge is -2.34. The number of carbonyl (C=O) groups excluding carboxylic acids is 1. The number of para-hydroxylation sites is 1. The molecule has 1 amide bonds. The van der Waals surface area contributed by atoms with E-state index in [9.17, 15) is 18.0 Å². The molecule has 33 heavy (non-hydrogen) atoms. The SMILES string of the molecule is COc1ccccc1[C@@H]1C[C@H](C(F)(F)F)n2ncc(C(=O)Nc3ccc4c(c3)OCO4)c2N1. The number of carbonyl (C=O) groups is 1. The number of nitrogens with one attached hydrogen (secondary N) is 2. The van der Waals surface area contributed by atoms with Crippen LogP contribution in [0.4, 0.5) is 24.7 Å². The fourth-order valence-corrected chi connectivity index (χ4v) is 4.06. The largest absolute Gasteiger partial charge is 0.496 e. The summed E-state index contributed by atoms with van der Waals surface area (Å²) in [4.78, 5) is 13.0. The molecular formula is C22H19F3N4O4. The number of aromatic nitrogens is 2. The van der Waals surface area contributed by atoms with Gasteiger partial charge in [-0.25, -0.2) is 4.68 Å². The first-order chi connectivity index (χ1) is 15.8. The molecule has 0 fully saturated rings. The van der Waals surface area contributed by atoms with Crippen molar-refractivity contribution in [3.8, 4) is 17.2 Å². The zero-order chi connectivity index (χ0) is 23.2. The molecule has 0 aliphatic carbocycles. The Labute approximate surface area is 186 Å².